The Kier molecular flexibility index (Phi) is 4.56. The largest absolute Gasteiger partial charge is 0.479 e. The van der Waals surface area contributed by atoms with Crippen LogP contribution in [-0.2, 0) is 4.79 Å². The molecular formula is C11H11F3N2O4. The van der Waals surface area contributed by atoms with Crippen molar-refractivity contribution in [3.8, 4) is 0 Å². The van der Waals surface area contributed by atoms with Crippen LogP contribution in [0.1, 0.15) is 6.92 Å². The number of hydrogen-bond acceptors (Lipinski definition) is 3. The van der Waals surface area contributed by atoms with Crippen LogP contribution in [0.2, 0.25) is 0 Å². The highest BCUT2D eigenvalue weighted by atomic mass is 19.1. The van der Waals surface area contributed by atoms with Crippen LogP contribution in [0.4, 0.5) is 23.7 Å². The number of carboxylic acid groups (broad SMARTS) is 1. The zero-order valence-electron chi connectivity index (χ0n) is 10.2. The van der Waals surface area contributed by atoms with E-state index in [1.165, 1.54) is 0 Å². The first-order chi connectivity index (χ1) is 9.13. The van der Waals surface area contributed by atoms with Crippen molar-refractivity contribution in [1.29, 1.82) is 0 Å². The number of hydrogen-bond donors (Lipinski definition) is 4. The van der Waals surface area contributed by atoms with E-state index < -0.39 is 47.3 Å². The predicted molar refractivity (Wildman–Crippen MR) is 61.6 cm³/mol. The molecule has 1 rings (SSSR count). The molecule has 4 N–H and O–H groups in total. The molecule has 0 heterocycles. The Morgan fingerprint density at radius 2 is 1.75 bits per heavy atom. The quantitative estimate of drug-likeness (QED) is 0.667. The second kappa shape index (κ2) is 5.78. The summed E-state index contributed by atoms with van der Waals surface area (Å²) in [7, 11) is 0. The van der Waals surface area contributed by atoms with Gasteiger partial charge in [0.2, 0.25) is 0 Å². The summed E-state index contributed by atoms with van der Waals surface area (Å²) >= 11 is 0. The molecule has 9 heteroatoms. The van der Waals surface area contributed by atoms with Crippen LogP contribution in [0.25, 0.3) is 0 Å². The fourth-order valence-electron chi connectivity index (χ4n) is 1.15. The molecule has 0 spiro atoms. The number of rotatable bonds is 4. The molecule has 20 heavy (non-hydrogen) atoms. The van der Waals surface area contributed by atoms with Crippen molar-refractivity contribution in [2.24, 2.45) is 0 Å². The molecule has 1 atom stereocenters. The number of urea groups is 1. The van der Waals surface area contributed by atoms with Crippen molar-refractivity contribution < 1.29 is 33.0 Å². The molecule has 0 aromatic heterocycles. The van der Waals surface area contributed by atoms with Crippen molar-refractivity contribution in [3.63, 3.8) is 0 Å². The van der Waals surface area contributed by atoms with Crippen LogP contribution in [0.3, 0.4) is 0 Å². The van der Waals surface area contributed by atoms with Crippen molar-refractivity contribution in [2.75, 3.05) is 11.9 Å². The van der Waals surface area contributed by atoms with Gasteiger partial charge in [-0.05, 0) is 6.92 Å². The van der Waals surface area contributed by atoms with Gasteiger partial charge in [-0.2, -0.15) is 0 Å². The minimum atomic E-state index is -2.24. The summed E-state index contributed by atoms with van der Waals surface area (Å²) in [6.45, 7) is 0.229. The van der Waals surface area contributed by atoms with E-state index in [-0.39, 0.29) is 0 Å². The first-order valence-corrected chi connectivity index (χ1v) is 5.28. The highest BCUT2D eigenvalue weighted by molar-refractivity contribution is 5.90. The number of nitrogens with one attached hydrogen (secondary N) is 2. The van der Waals surface area contributed by atoms with Crippen LogP contribution in [0.5, 0.6) is 0 Å². The summed E-state index contributed by atoms with van der Waals surface area (Å²) in [5.74, 6) is -5.40. The zero-order valence-corrected chi connectivity index (χ0v) is 10.2. The predicted octanol–water partition coefficient (Wildman–Crippen LogP) is 1.06. The molecule has 0 saturated heterocycles. The summed E-state index contributed by atoms with van der Waals surface area (Å²) in [4.78, 5) is 21.9. The maximum Gasteiger partial charge on any atom is 0.337 e. The van der Waals surface area contributed by atoms with E-state index in [2.05, 4.69) is 0 Å². The fourth-order valence-corrected chi connectivity index (χ4v) is 1.15. The van der Waals surface area contributed by atoms with Crippen molar-refractivity contribution in [1.82, 2.24) is 5.32 Å². The summed E-state index contributed by atoms with van der Waals surface area (Å²) in [5, 5.41) is 21.6. The van der Waals surface area contributed by atoms with Crippen molar-refractivity contribution in [2.45, 2.75) is 12.5 Å². The SMILES string of the molecule is CC(O)(CNC(=O)Nc1c(F)cc(F)cc1F)C(=O)O. The highest BCUT2D eigenvalue weighted by Gasteiger charge is 2.30. The number of aliphatic hydroxyl groups is 1. The van der Waals surface area contributed by atoms with Gasteiger partial charge >= 0.3 is 12.0 Å². The maximum absolute atomic E-state index is 13.2. The lowest BCUT2D eigenvalue weighted by Crippen LogP contribution is -2.47. The normalized spacial score (nSPS) is 13.4. The molecular weight excluding hydrogens is 281 g/mol. The van der Waals surface area contributed by atoms with Gasteiger partial charge in [0.25, 0.3) is 0 Å². The van der Waals surface area contributed by atoms with Crippen molar-refractivity contribution >= 4 is 17.7 Å². The second-order valence-electron chi connectivity index (χ2n) is 4.13. The van der Waals surface area contributed by atoms with E-state index in [9.17, 15) is 27.9 Å². The fraction of sp³-hybridized carbons (Fsp3) is 0.273. The Labute approximate surface area is 111 Å². The summed E-state index contributed by atoms with van der Waals surface area (Å²) < 4.78 is 39.0. The number of benzene rings is 1. The van der Waals surface area contributed by atoms with Gasteiger partial charge in [-0.3, -0.25) is 0 Å². The topological polar surface area (TPSA) is 98.7 Å². The van der Waals surface area contributed by atoms with Gasteiger partial charge < -0.3 is 20.8 Å². The smallest absolute Gasteiger partial charge is 0.337 e. The maximum atomic E-state index is 13.2. The average molecular weight is 292 g/mol. The van der Waals surface area contributed by atoms with Crippen LogP contribution in [0, 0.1) is 17.5 Å². The molecule has 110 valence electrons. The molecule has 2 amide bonds. The molecule has 1 unspecified atom stereocenters. The first-order valence-electron chi connectivity index (χ1n) is 5.28. The second-order valence-corrected chi connectivity index (χ2v) is 4.13. The van der Waals surface area contributed by atoms with E-state index >= 15 is 0 Å². The Morgan fingerprint density at radius 1 is 1.25 bits per heavy atom. The van der Waals surface area contributed by atoms with Crippen LogP contribution >= 0.6 is 0 Å². The lowest BCUT2D eigenvalue weighted by Gasteiger charge is -2.18. The van der Waals surface area contributed by atoms with Crippen LogP contribution < -0.4 is 10.6 Å². The Balaban J connectivity index is 2.71. The summed E-state index contributed by atoms with van der Waals surface area (Å²) in [6.07, 6.45) is 0. The number of halogens is 3. The minimum absolute atomic E-state index is 0.367. The molecule has 0 bridgehead atoms. The van der Waals surface area contributed by atoms with Gasteiger partial charge in [-0.25, -0.2) is 22.8 Å². The molecule has 0 fully saturated rings. The summed E-state index contributed by atoms with van der Waals surface area (Å²) in [5.41, 5.74) is -3.13. The minimum Gasteiger partial charge on any atom is -0.479 e. The molecule has 0 aliphatic heterocycles. The number of amides is 2. The molecule has 0 saturated carbocycles. The van der Waals surface area contributed by atoms with Gasteiger partial charge in [-0.15, -0.1) is 0 Å². The third-order valence-electron chi connectivity index (χ3n) is 2.30. The first kappa shape index (κ1) is 15.8. The van der Waals surface area contributed by atoms with Gasteiger partial charge in [0.15, 0.2) is 17.2 Å². The number of carboxylic acids is 1. The number of anilines is 1. The Morgan fingerprint density at radius 3 is 2.20 bits per heavy atom. The lowest BCUT2D eigenvalue weighted by atomic mass is 10.1. The zero-order chi connectivity index (χ0) is 15.5. The molecule has 0 aliphatic rings. The van der Waals surface area contributed by atoms with Gasteiger partial charge in [0.1, 0.15) is 11.5 Å². The van der Waals surface area contributed by atoms with E-state index in [1.807, 2.05) is 5.32 Å². The van der Waals surface area contributed by atoms with E-state index in [0.717, 1.165) is 6.92 Å². The molecule has 0 radical (unpaired) electrons. The Bertz CT molecular complexity index is 525. The van der Waals surface area contributed by atoms with E-state index in [1.54, 1.807) is 5.32 Å². The van der Waals surface area contributed by atoms with E-state index in [0.29, 0.717) is 12.1 Å². The highest BCUT2D eigenvalue weighted by Crippen LogP contribution is 2.19. The molecule has 1 aromatic carbocycles. The van der Waals surface area contributed by atoms with Gasteiger partial charge in [0.05, 0.1) is 6.54 Å². The number of aliphatic carboxylic acids is 1. The monoisotopic (exact) mass is 292 g/mol. The van der Waals surface area contributed by atoms with Crippen LogP contribution in [0.15, 0.2) is 12.1 Å². The number of carbonyl (C=O) groups excluding carboxylic acids is 1. The van der Waals surface area contributed by atoms with Crippen LogP contribution in [-0.4, -0.2) is 34.4 Å². The Hall–Kier alpha value is -2.29. The lowest BCUT2D eigenvalue weighted by molar-refractivity contribution is -0.155. The molecule has 0 aliphatic carbocycles. The third kappa shape index (κ3) is 3.85. The standard InChI is InChI=1S/C11H11F3N2O4/c1-11(20,9(17)18)4-15-10(19)16-8-6(13)2-5(12)3-7(8)14/h2-3,20H,4H2,1H3,(H,17,18)(H2,15,16,19). The van der Waals surface area contributed by atoms with E-state index in [4.69, 9.17) is 5.11 Å². The van der Waals surface area contributed by atoms with Gasteiger partial charge in [-0.1, -0.05) is 0 Å². The van der Waals surface area contributed by atoms with Crippen molar-refractivity contribution in [3.05, 3.63) is 29.6 Å². The molecule has 6 nitrogen and oxygen atoms in total. The average Bonchev–Trinajstić information content (AvgIpc) is 2.31. The molecule has 1 aromatic rings. The number of carbonyl (C=O) groups is 2. The van der Waals surface area contributed by atoms with Gasteiger partial charge in [0, 0.05) is 12.1 Å². The third-order valence-corrected chi connectivity index (χ3v) is 2.30. The summed E-state index contributed by atoms with van der Waals surface area (Å²) in [6, 6.07) is -0.422.